The number of rotatable bonds is 2. The van der Waals surface area contributed by atoms with E-state index in [9.17, 15) is 0 Å². The minimum Gasteiger partial charge on any atom is -0.351 e. The van der Waals surface area contributed by atoms with Crippen molar-refractivity contribution in [3.63, 3.8) is 0 Å². The second-order valence-electron chi connectivity index (χ2n) is 7.19. The predicted octanol–water partition coefficient (Wildman–Crippen LogP) is 3.14. The number of imidazole rings is 1. The van der Waals surface area contributed by atoms with Crippen molar-refractivity contribution in [3.05, 3.63) is 83.9 Å². The summed E-state index contributed by atoms with van der Waals surface area (Å²) in [6.45, 7) is 5.86. The Kier molecular flexibility index (Phi) is 4.22. The summed E-state index contributed by atoms with van der Waals surface area (Å²) in [5, 5.41) is 0. The highest BCUT2D eigenvalue weighted by molar-refractivity contribution is 5.98. The van der Waals surface area contributed by atoms with Crippen molar-refractivity contribution >= 4 is 11.5 Å². The minimum atomic E-state index is 0.826. The number of hydrogen-bond donors (Lipinski definition) is 0. The van der Waals surface area contributed by atoms with Crippen molar-refractivity contribution in [3.8, 4) is 0 Å². The summed E-state index contributed by atoms with van der Waals surface area (Å²) in [6, 6.07) is 19.1. The van der Waals surface area contributed by atoms with Crippen molar-refractivity contribution in [2.24, 2.45) is 4.99 Å². The lowest BCUT2D eigenvalue weighted by atomic mass is 10.2. The molecule has 3 heterocycles. The molecule has 5 rings (SSSR count). The van der Waals surface area contributed by atoms with E-state index < -0.39 is 0 Å². The van der Waals surface area contributed by atoms with Crippen LogP contribution in [0, 0.1) is 0 Å². The standard InChI is InChI=1S/C22H23N5/c1-2-6-18(7-3-1)16-25-12-14-26(15-13-25)22-21-23-10-11-27(21)17-19-8-4-5-9-20(19)24-22/h1-11H,12-17H2. The molecule has 0 aliphatic carbocycles. The lowest BCUT2D eigenvalue weighted by Crippen LogP contribution is -2.49. The van der Waals surface area contributed by atoms with Crippen LogP contribution < -0.4 is 0 Å². The van der Waals surface area contributed by atoms with Crippen LogP contribution >= 0.6 is 0 Å². The number of piperazine rings is 1. The molecule has 2 aliphatic heterocycles. The normalized spacial score (nSPS) is 17.0. The van der Waals surface area contributed by atoms with Crippen LogP contribution in [0.1, 0.15) is 17.0 Å². The summed E-state index contributed by atoms with van der Waals surface area (Å²) in [6.07, 6.45) is 3.93. The summed E-state index contributed by atoms with van der Waals surface area (Å²) in [7, 11) is 0. The number of benzene rings is 2. The Labute approximate surface area is 159 Å². The highest BCUT2D eigenvalue weighted by atomic mass is 15.3. The van der Waals surface area contributed by atoms with Gasteiger partial charge < -0.3 is 9.47 Å². The van der Waals surface area contributed by atoms with Gasteiger partial charge in [0.25, 0.3) is 0 Å². The fourth-order valence-electron chi connectivity index (χ4n) is 3.92. The molecule has 1 fully saturated rings. The molecule has 1 aromatic heterocycles. The van der Waals surface area contributed by atoms with Crippen LogP contribution in [-0.2, 0) is 13.1 Å². The average Bonchev–Trinajstić information content (AvgIpc) is 3.10. The number of amidine groups is 1. The van der Waals surface area contributed by atoms with Gasteiger partial charge in [-0.05, 0) is 17.2 Å². The van der Waals surface area contributed by atoms with Crippen molar-refractivity contribution in [1.29, 1.82) is 0 Å². The van der Waals surface area contributed by atoms with Gasteiger partial charge in [-0.15, -0.1) is 0 Å². The van der Waals surface area contributed by atoms with Gasteiger partial charge in [0.1, 0.15) is 0 Å². The van der Waals surface area contributed by atoms with Crippen molar-refractivity contribution in [2.45, 2.75) is 13.1 Å². The van der Waals surface area contributed by atoms with Crippen LogP contribution in [0.4, 0.5) is 5.69 Å². The summed E-state index contributed by atoms with van der Waals surface area (Å²) in [4.78, 5) is 14.6. The number of para-hydroxylation sites is 1. The topological polar surface area (TPSA) is 36.7 Å². The molecule has 0 amide bonds. The van der Waals surface area contributed by atoms with Crippen molar-refractivity contribution < 1.29 is 0 Å². The van der Waals surface area contributed by atoms with Crippen LogP contribution in [0.5, 0.6) is 0 Å². The van der Waals surface area contributed by atoms with Gasteiger partial charge in [-0.25, -0.2) is 9.98 Å². The van der Waals surface area contributed by atoms with Crippen LogP contribution in [0.3, 0.4) is 0 Å². The molecule has 0 radical (unpaired) electrons. The first-order chi connectivity index (χ1) is 13.4. The predicted molar refractivity (Wildman–Crippen MR) is 107 cm³/mol. The third kappa shape index (κ3) is 3.26. The van der Waals surface area contributed by atoms with Crippen LogP contribution in [0.15, 0.2) is 72.0 Å². The number of aliphatic imine (C=N–C) groups is 1. The van der Waals surface area contributed by atoms with Gasteiger partial charge in [-0.2, -0.15) is 0 Å². The molecule has 27 heavy (non-hydrogen) atoms. The maximum Gasteiger partial charge on any atom is 0.176 e. The Hall–Kier alpha value is -2.92. The number of aromatic nitrogens is 2. The zero-order valence-corrected chi connectivity index (χ0v) is 15.3. The lowest BCUT2D eigenvalue weighted by Gasteiger charge is -2.36. The average molecular weight is 357 g/mol. The minimum absolute atomic E-state index is 0.826. The van der Waals surface area contributed by atoms with Crippen molar-refractivity contribution in [1.82, 2.24) is 19.4 Å². The quantitative estimate of drug-likeness (QED) is 0.707. The Balaban J connectivity index is 1.37. The number of hydrogen-bond acceptors (Lipinski definition) is 4. The van der Waals surface area contributed by atoms with Crippen molar-refractivity contribution in [2.75, 3.05) is 26.2 Å². The third-order valence-corrected chi connectivity index (χ3v) is 5.39. The molecular formula is C22H23N5. The van der Waals surface area contributed by atoms with E-state index in [1.807, 2.05) is 6.20 Å². The maximum absolute atomic E-state index is 5.03. The molecule has 3 aromatic rings. The Morgan fingerprint density at radius 2 is 1.63 bits per heavy atom. The van der Waals surface area contributed by atoms with Crippen LogP contribution in [0.2, 0.25) is 0 Å². The number of nitrogens with zero attached hydrogens (tertiary/aromatic N) is 5. The van der Waals surface area contributed by atoms with Gasteiger partial charge in [0.05, 0.1) is 12.2 Å². The van der Waals surface area contributed by atoms with E-state index in [4.69, 9.17) is 4.99 Å². The van der Waals surface area contributed by atoms with E-state index in [0.717, 1.165) is 56.6 Å². The lowest BCUT2D eigenvalue weighted by molar-refractivity contribution is 0.175. The smallest absolute Gasteiger partial charge is 0.176 e. The molecule has 0 unspecified atom stereocenters. The molecule has 2 aromatic carbocycles. The first-order valence-electron chi connectivity index (χ1n) is 9.56. The van der Waals surface area contributed by atoms with Crippen LogP contribution in [-0.4, -0.2) is 51.4 Å². The summed E-state index contributed by atoms with van der Waals surface area (Å²) in [5.41, 5.74) is 3.68. The second kappa shape index (κ2) is 7.00. The molecule has 136 valence electrons. The molecule has 1 saturated heterocycles. The SMILES string of the molecule is c1ccc(CN2CCN(C3=Nc4ccccc4Cn4ccnc43)CC2)cc1. The Morgan fingerprint density at radius 1 is 0.852 bits per heavy atom. The van der Waals surface area contributed by atoms with Gasteiger partial charge >= 0.3 is 0 Å². The molecule has 0 spiro atoms. The molecule has 2 aliphatic rings. The van der Waals surface area contributed by atoms with E-state index in [1.54, 1.807) is 0 Å². The van der Waals surface area contributed by atoms with E-state index >= 15 is 0 Å². The van der Waals surface area contributed by atoms with E-state index in [2.05, 4.69) is 80.1 Å². The van der Waals surface area contributed by atoms with E-state index in [0.29, 0.717) is 0 Å². The third-order valence-electron chi connectivity index (χ3n) is 5.39. The molecule has 0 N–H and O–H groups in total. The van der Waals surface area contributed by atoms with Gasteiger partial charge in [0.2, 0.25) is 0 Å². The van der Waals surface area contributed by atoms with Gasteiger partial charge in [0.15, 0.2) is 11.7 Å². The second-order valence-corrected chi connectivity index (χ2v) is 7.19. The molecule has 5 heteroatoms. The summed E-state index contributed by atoms with van der Waals surface area (Å²) in [5.74, 6) is 1.98. The zero-order valence-electron chi connectivity index (χ0n) is 15.3. The van der Waals surface area contributed by atoms with Gasteiger partial charge in [-0.3, -0.25) is 4.90 Å². The molecule has 0 saturated carbocycles. The monoisotopic (exact) mass is 357 g/mol. The molecule has 0 atom stereocenters. The van der Waals surface area contributed by atoms with E-state index in [1.165, 1.54) is 11.1 Å². The summed E-state index contributed by atoms with van der Waals surface area (Å²) >= 11 is 0. The largest absolute Gasteiger partial charge is 0.351 e. The van der Waals surface area contributed by atoms with Crippen LogP contribution in [0.25, 0.3) is 0 Å². The molecular weight excluding hydrogens is 334 g/mol. The van der Waals surface area contributed by atoms with Gasteiger partial charge in [-0.1, -0.05) is 48.5 Å². The number of fused-ring (bicyclic) bond motifs is 2. The molecule has 5 nitrogen and oxygen atoms in total. The maximum atomic E-state index is 5.03. The highest BCUT2D eigenvalue weighted by Gasteiger charge is 2.25. The first-order valence-corrected chi connectivity index (χ1v) is 9.56. The first kappa shape index (κ1) is 16.3. The molecule has 0 bridgehead atoms. The van der Waals surface area contributed by atoms with E-state index in [-0.39, 0.29) is 0 Å². The fraction of sp³-hybridized carbons (Fsp3) is 0.273. The van der Waals surface area contributed by atoms with Gasteiger partial charge in [0, 0.05) is 45.1 Å². The Bertz CT molecular complexity index is 952. The fourth-order valence-corrected chi connectivity index (χ4v) is 3.92. The Morgan fingerprint density at radius 3 is 2.48 bits per heavy atom. The summed E-state index contributed by atoms with van der Waals surface area (Å²) < 4.78 is 2.21. The zero-order chi connectivity index (χ0) is 18.1. The highest BCUT2D eigenvalue weighted by Crippen LogP contribution is 2.26.